The van der Waals surface area contributed by atoms with E-state index >= 15 is 0 Å². The summed E-state index contributed by atoms with van der Waals surface area (Å²) in [6.07, 6.45) is 1.72. The molecule has 1 unspecified atom stereocenters. The number of aryl methyl sites for hydroxylation is 1. The van der Waals surface area contributed by atoms with Gasteiger partial charge in [0, 0.05) is 5.56 Å². The molecule has 0 bridgehead atoms. The van der Waals surface area contributed by atoms with Crippen LogP contribution < -0.4 is 14.8 Å². The van der Waals surface area contributed by atoms with Crippen molar-refractivity contribution in [3.8, 4) is 11.5 Å². The van der Waals surface area contributed by atoms with Crippen molar-refractivity contribution in [3.05, 3.63) is 47.4 Å². The molecule has 1 atom stereocenters. The van der Waals surface area contributed by atoms with Crippen molar-refractivity contribution in [3.63, 3.8) is 0 Å². The summed E-state index contributed by atoms with van der Waals surface area (Å²) in [4.78, 5) is 0. The molecule has 20 heavy (non-hydrogen) atoms. The van der Waals surface area contributed by atoms with E-state index in [2.05, 4.69) is 12.2 Å². The van der Waals surface area contributed by atoms with E-state index in [0.717, 1.165) is 34.9 Å². The van der Waals surface area contributed by atoms with Gasteiger partial charge in [-0.2, -0.15) is 0 Å². The summed E-state index contributed by atoms with van der Waals surface area (Å²) in [5.74, 6) is 2.38. The molecule has 0 radical (unpaired) electrons. The van der Waals surface area contributed by atoms with E-state index in [1.165, 1.54) is 0 Å². The molecule has 108 valence electrons. The molecule has 4 nitrogen and oxygen atoms in total. The topological polar surface area (TPSA) is 43.6 Å². The summed E-state index contributed by atoms with van der Waals surface area (Å²) < 4.78 is 16.1. The normalized spacial score (nSPS) is 12.2. The molecule has 2 rings (SSSR count). The predicted molar refractivity (Wildman–Crippen MR) is 78.5 cm³/mol. The maximum Gasteiger partial charge on any atom is 0.161 e. The molecule has 1 aromatic heterocycles. The first-order valence-corrected chi connectivity index (χ1v) is 6.70. The summed E-state index contributed by atoms with van der Waals surface area (Å²) in [5.41, 5.74) is 2.26. The van der Waals surface area contributed by atoms with Gasteiger partial charge >= 0.3 is 0 Å². The third-order valence-electron chi connectivity index (χ3n) is 3.36. The Morgan fingerprint density at radius 2 is 1.90 bits per heavy atom. The lowest BCUT2D eigenvalue weighted by Crippen LogP contribution is -2.22. The summed E-state index contributed by atoms with van der Waals surface area (Å²) in [5, 5.41) is 3.47. The molecule has 0 aliphatic heterocycles. The molecular weight excluding hydrogens is 254 g/mol. The van der Waals surface area contributed by atoms with E-state index in [1.54, 1.807) is 20.5 Å². The quantitative estimate of drug-likeness (QED) is 0.878. The number of furan rings is 1. The van der Waals surface area contributed by atoms with Gasteiger partial charge in [-0.25, -0.2) is 0 Å². The molecule has 0 aliphatic carbocycles. The standard InChI is InChI=1S/C16H21NO3/c1-5-17-16(13-8-9-20-11(13)2)12-6-7-14(18-3)15(10-12)19-4/h6-10,16-17H,5H2,1-4H3. The number of benzene rings is 1. The summed E-state index contributed by atoms with van der Waals surface area (Å²) in [6, 6.07) is 8.05. The van der Waals surface area contributed by atoms with Crippen LogP contribution in [0.3, 0.4) is 0 Å². The van der Waals surface area contributed by atoms with Crippen LogP contribution in [0.25, 0.3) is 0 Å². The third-order valence-corrected chi connectivity index (χ3v) is 3.36. The largest absolute Gasteiger partial charge is 0.493 e. The van der Waals surface area contributed by atoms with Gasteiger partial charge in [-0.05, 0) is 37.2 Å². The van der Waals surface area contributed by atoms with Crippen molar-refractivity contribution < 1.29 is 13.9 Å². The Morgan fingerprint density at radius 3 is 2.45 bits per heavy atom. The molecule has 0 fully saturated rings. The maximum absolute atomic E-state index is 5.42. The third kappa shape index (κ3) is 2.80. The zero-order chi connectivity index (χ0) is 14.5. The summed E-state index contributed by atoms with van der Waals surface area (Å²) in [7, 11) is 3.28. The highest BCUT2D eigenvalue weighted by Gasteiger charge is 2.18. The summed E-state index contributed by atoms with van der Waals surface area (Å²) >= 11 is 0. The molecule has 0 aliphatic rings. The predicted octanol–water partition coefficient (Wildman–Crippen LogP) is 3.30. The van der Waals surface area contributed by atoms with Crippen LogP contribution in [0, 0.1) is 6.92 Å². The number of ether oxygens (including phenoxy) is 2. The second kappa shape index (κ2) is 6.48. The molecule has 0 spiro atoms. The fraction of sp³-hybridized carbons (Fsp3) is 0.375. The average molecular weight is 275 g/mol. The molecule has 2 aromatic rings. The van der Waals surface area contributed by atoms with E-state index in [9.17, 15) is 0 Å². The van der Waals surface area contributed by atoms with Crippen LogP contribution in [0.15, 0.2) is 34.9 Å². The van der Waals surface area contributed by atoms with Gasteiger partial charge in [0.15, 0.2) is 11.5 Å². The van der Waals surface area contributed by atoms with Gasteiger partial charge < -0.3 is 19.2 Å². The molecule has 1 N–H and O–H groups in total. The highest BCUT2D eigenvalue weighted by atomic mass is 16.5. The van der Waals surface area contributed by atoms with Gasteiger partial charge in [0.05, 0.1) is 26.5 Å². The first kappa shape index (κ1) is 14.5. The second-order valence-corrected chi connectivity index (χ2v) is 4.54. The van der Waals surface area contributed by atoms with E-state index in [1.807, 2.05) is 31.2 Å². The van der Waals surface area contributed by atoms with E-state index in [4.69, 9.17) is 13.9 Å². The Balaban J connectivity index is 2.42. The Bertz CT molecular complexity index is 563. The average Bonchev–Trinajstić information content (AvgIpc) is 2.90. The summed E-state index contributed by atoms with van der Waals surface area (Å²) in [6.45, 7) is 4.92. The Morgan fingerprint density at radius 1 is 1.15 bits per heavy atom. The molecular formula is C16H21NO3. The van der Waals surface area contributed by atoms with Crippen molar-refractivity contribution in [1.82, 2.24) is 5.32 Å². The van der Waals surface area contributed by atoms with E-state index in [-0.39, 0.29) is 6.04 Å². The van der Waals surface area contributed by atoms with Crippen LogP contribution in [-0.2, 0) is 0 Å². The Hall–Kier alpha value is -1.94. The van der Waals surface area contributed by atoms with Gasteiger partial charge in [0.1, 0.15) is 5.76 Å². The number of nitrogens with one attached hydrogen (secondary N) is 1. The lowest BCUT2D eigenvalue weighted by Gasteiger charge is -2.19. The van der Waals surface area contributed by atoms with Crippen LogP contribution in [0.1, 0.15) is 29.9 Å². The lowest BCUT2D eigenvalue weighted by atomic mass is 9.98. The van der Waals surface area contributed by atoms with E-state index < -0.39 is 0 Å². The smallest absolute Gasteiger partial charge is 0.161 e. The molecule has 0 saturated heterocycles. The second-order valence-electron chi connectivity index (χ2n) is 4.54. The van der Waals surface area contributed by atoms with Gasteiger partial charge in [-0.1, -0.05) is 13.0 Å². The van der Waals surface area contributed by atoms with Crippen LogP contribution in [0.5, 0.6) is 11.5 Å². The van der Waals surface area contributed by atoms with Crippen molar-refractivity contribution >= 4 is 0 Å². The minimum atomic E-state index is 0.0820. The SMILES string of the molecule is CCNC(c1ccc(OC)c(OC)c1)c1ccoc1C. The first-order valence-electron chi connectivity index (χ1n) is 6.70. The van der Waals surface area contributed by atoms with Crippen molar-refractivity contribution in [1.29, 1.82) is 0 Å². The number of methoxy groups -OCH3 is 2. The maximum atomic E-state index is 5.42. The Kier molecular flexibility index (Phi) is 4.69. The van der Waals surface area contributed by atoms with Crippen LogP contribution in [0.2, 0.25) is 0 Å². The zero-order valence-electron chi connectivity index (χ0n) is 12.4. The van der Waals surface area contributed by atoms with E-state index in [0.29, 0.717) is 0 Å². The molecule has 4 heteroatoms. The molecule has 0 saturated carbocycles. The fourth-order valence-electron chi connectivity index (χ4n) is 2.34. The van der Waals surface area contributed by atoms with Gasteiger partial charge in [-0.15, -0.1) is 0 Å². The molecule has 0 amide bonds. The van der Waals surface area contributed by atoms with Crippen LogP contribution >= 0.6 is 0 Å². The highest BCUT2D eigenvalue weighted by molar-refractivity contribution is 5.46. The number of hydrogen-bond donors (Lipinski definition) is 1. The lowest BCUT2D eigenvalue weighted by molar-refractivity contribution is 0.354. The van der Waals surface area contributed by atoms with Crippen molar-refractivity contribution in [2.45, 2.75) is 19.9 Å². The zero-order valence-corrected chi connectivity index (χ0v) is 12.4. The Labute approximate surface area is 119 Å². The fourth-order valence-corrected chi connectivity index (χ4v) is 2.34. The van der Waals surface area contributed by atoms with Crippen molar-refractivity contribution in [2.24, 2.45) is 0 Å². The van der Waals surface area contributed by atoms with Gasteiger partial charge in [-0.3, -0.25) is 0 Å². The van der Waals surface area contributed by atoms with Gasteiger partial charge in [0.2, 0.25) is 0 Å². The first-order chi connectivity index (χ1) is 9.71. The minimum absolute atomic E-state index is 0.0820. The monoisotopic (exact) mass is 275 g/mol. The minimum Gasteiger partial charge on any atom is -0.493 e. The van der Waals surface area contributed by atoms with Crippen molar-refractivity contribution in [2.75, 3.05) is 20.8 Å². The number of rotatable bonds is 6. The van der Waals surface area contributed by atoms with Crippen LogP contribution in [-0.4, -0.2) is 20.8 Å². The van der Waals surface area contributed by atoms with Gasteiger partial charge in [0.25, 0.3) is 0 Å². The number of hydrogen-bond acceptors (Lipinski definition) is 4. The highest BCUT2D eigenvalue weighted by Crippen LogP contribution is 2.33. The van der Waals surface area contributed by atoms with Crippen LogP contribution in [0.4, 0.5) is 0 Å². The molecule has 1 aromatic carbocycles. The molecule has 1 heterocycles.